The molecule has 2 aromatic rings. The minimum atomic E-state index is -0.674. The standard InChI is InChI=1S/C20H22N2O6/c1-12-6-5-7-15(13(12)2)20(25)28-11-18(23)21-22-19(24)14-8-9-16(26-3)17(10-14)27-4/h5-10H,11H2,1-4H3,(H,21,23)(H,22,24). The van der Waals surface area contributed by atoms with E-state index in [-0.39, 0.29) is 5.56 Å². The minimum Gasteiger partial charge on any atom is -0.493 e. The molecule has 0 spiro atoms. The summed E-state index contributed by atoms with van der Waals surface area (Å²) in [6, 6.07) is 9.80. The molecule has 0 aliphatic rings. The molecular weight excluding hydrogens is 364 g/mol. The molecule has 2 N–H and O–H groups in total. The molecule has 2 aromatic carbocycles. The summed E-state index contributed by atoms with van der Waals surface area (Å²) in [5.41, 5.74) is 6.82. The van der Waals surface area contributed by atoms with Crippen molar-refractivity contribution in [3.63, 3.8) is 0 Å². The van der Waals surface area contributed by atoms with E-state index in [1.54, 1.807) is 25.1 Å². The van der Waals surface area contributed by atoms with Gasteiger partial charge in [0, 0.05) is 5.56 Å². The first-order valence-corrected chi connectivity index (χ1v) is 8.42. The fourth-order valence-corrected chi connectivity index (χ4v) is 2.39. The zero-order valence-corrected chi connectivity index (χ0v) is 16.1. The van der Waals surface area contributed by atoms with Crippen LogP contribution in [0, 0.1) is 13.8 Å². The number of ether oxygens (including phenoxy) is 3. The molecule has 2 amide bonds. The SMILES string of the molecule is COc1ccc(C(=O)NNC(=O)COC(=O)c2cccc(C)c2C)cc1OC. The van der Waals surface area contributed by atoms with Crippen LogP contribution in [0.1, 0.15) is 31.8 Å². The summed E-state index contributed by atoms with van der Waals surface area (Å²) in [4.78, 5) is 36.1. The maximum absolute atomic E-state index is 12.1. The number of hydrogen-bond donors (Lipinski definition) is 2. The van der Waals surface area contributed by atoms with Gasteiger partial charge in [-0.05, 0) is 49.2 Å². The van der Waals surface area contributed by atoms with E-state index in [4.69, 9.17) is 14.2 Å². The molecular formula is C20H22N2O6. The van der Waals surface area contributed by atoms with Crippen molar-refractivity contribution >= 4 is 17.8 Å². The van der Waals surface area contributed by atoms with E-state index < -0.39 is 24.4 Å². The summed E-state index contributed by atoms with van der Waals surface area (Å²) in [5, 5.41) is 0. The van der Waals surface area contributed by atoms with Gasteiger partial charge in [0.05, 0.1) is 19.8 Å². The zero-order valence-electron chi connectivity index (χ0n) is 16.1. The lowest BCUT2D eigenvalue weighted by atomic mass is 10.0. The van der Waals surface area contributed by atoms with Crippen LogP contribution in [0.25, 0.3) is 0 Å². The smallest absolute Gasteiger partial charge is 0.338 e. The highest BCUT2D eigenvalue weighted by molar-refractivity contribution is 5.96. The number of aryl methyl sites for hydroxylation is 1. The van der Waals surface area contributed by atoms with Crippen LogP contribution >= 0.6 is 0 Å². The van der Waals surface area contributed by atoms with Crippen molar-refractivity contribution in [2.24, 2.45) is 0 Å². The number of methoxy groups -OCH3 is 2. The third-order valence-corrected chi connectivity index (χ3v) is 4.12. The average Bonchev–Trinajstić information content (AvgIpc) is 2.71. The van der Waals surface area contributed by atoms with E-state index in [9.17, 15) is 14.4 Å². The molecule has 0 aliphatic heterocycles. The maximum atomic E-state index is 12.1. The molecule has 0 unspecified atom stereocenters. The second kappa shape index (κ2) is 9.40. The number of hydrazine groups is 1. The minimum absolute atomic E-state index is 0.255. The number of nitrogens with one attached hydrogen (secondary N) is 2. The quantitative estimate of drug-likeness (QED) is 0.581. The van der Waals surface area contributed by atoms with E-state index >= 15 is 0 Å². The Labute approximate surface area is 162 Å². The fraction of sp³-hybridized carbons (Fsp3) is 0.250. The van der Waals surface area contributed by atoms with Crippen molar-refractivity contribution < 1.29 is 28.6 Å². The van der Waals surface area contributed by atoms with E-state index in [1.807, 2.05) is 13.0 Å². The van der Waals surface area contributed by atoms with E-state index in [0.29, 0.717) is 17.1 Å². The van der Waals surface area contributed by atoms with Gasteiger partial charge in [-0.3, -0.25) is 20.4 Å². The number of rotatable bonds is 6. The Kier molecular flexibility index (Phi) is 6.97. The Morgan fingerprint density at radius 2 is 1.64 bits per heavy atom. The molecule has 0 fully saturated rings. The summed E-state index contributed by atoms with van der Waals surface area (Å²) in [6.07, 6.45) is 0. The Hall–Kier alpha value is -3.55. The molecule has 0 saturated carbocycles. The molecule has 28 heavy (non-hydrogen) atoms. The summed E-state index contributed by atoms with van der Waals surface area (Å²) in [5.74, 6) is -0.990. The molecule has 0 bridgehead atoms. The Morgan fingerprint density at radius 1 is 0.929 bits per heavy atom. The van der Waals surface area contributed by atoms with Gasteiger partial charge in [-0.1, -0.05) is 12.1 Å². The molecule has 0 saturated heterocycles. The van der Waals surface area contributed by atoms with Crippen LogP contribution in [-0.2, 0) is 9.53 Å². The molecule has 2 rings (SSSR count). The Balaban J connectivity index is 1.87. The van der Waals surface area contributed by atoms with Gasteiger partial charge in [-0.15, -0.1) is 0 Å². The van der Waals surface area contributed by atoms with Gasteiger partial charge < -0.3 is 14.2 Å². The van der Waals surface area contributed by atoms with Crippen molar-refractivity contribution in [2.45, 2.75) is 13.8 Å². The monoisotopic (exact) mass is 386 g/mol. The molecule has 0 aliphatic carbocycles. The predicted octanol–water partition coefficient (Wildman–Crippen LogP) is 1.94. The molecule has 0 heterocycles. The van der Waals surface area contributed by atoms with Gasteiger partial charge in [0.1, 0.15) is 0 Å². The Bertz CT molecular complexity index is 894. The average molecular weight is 386 g/mol. The highest BCUT2D eigenvalue weighted by Crippen LogP contribution is 2.27. The lowest BCUT2D eigenvalue weighted by Crippen LogP contribution is -2.43. The number of amides is 2. The van der Waals surface area contributed by atoms with Gasteiger partial charge in [0.2, 0.25) is 0 Å². The first kappa shape index (κ1) is 20.8. The van der Waals surface area contributed by atoms with Gasteiger partial charge >= 0.3 is 5.97 Å². The van der Waals surface area contributed by atoms with Crippen LogP contribution in [0.4, 0.5) is 0 Å². The van der Waals surface area contributed by atoms with Gasteiger partial charge in [0.15, 0.2) is 18.1 Å². The van der Waals surface area contributed by atoms with Crippen molar-refractivity contribution in [1.82, 2.24) is 10.9 Å². The third kappa shape index (κ3) is 5.00. The highest BCUT2D eigenvalue weighted by Gasteiger charge is 2.15. The Morgan fingerprint density at radius 3 is 2.32 bits per heavy atom. The summed E-state index contributed by atoms with van der Waals surface area (Å²) >= 11 is 0. The van der Waals surface area contributed by atoms with E-state index in [0.717, 1.165) is 11.1 Å². The van der Waals surface area contributed by atoms with Crippen LogP contribution in [0.2, 0.25) is 0 Å². The number of hydrogen-bond acceptors (Lipinski definition) is 6. The van der Waals surface area contributed by atoms with Crippen LogP contribution < -0.4 is 20.3 Å². The van der Waals surface area contributed by atoms with Crippen LogP contribution in [0.3, 0.4) is 0 Å². The van der Waals surface area contributed by atoms with Crippen LogP contribution in [0.5, 0.6) is 11.5 Å². The van der Waals surface area contributed by atoms with Gasteiger partial charge in [-0.25, -0.2) is 4.79 Å². The second-order valence-corrected chi connectivity index (χ2v) is 5.90. The van der Waals surface area contributed by atoms with Crippen LogP contribution in [-0.4, -0.2) is 38.6 Å². The molecule has 0 radical (unpaired) electrons. The fourth-order valence-electron chi connectivity index (χ4n) is 2.39. The number of carbonyl (C=O) groups excluding carboxylic acids is 3. The highest BCUT2D eigenvalue weighted by atomic mass is 16.5. The molecule has 0 atom stereocenters. The summed E-state index contributed by atoms with van der Waals surface area (Å²) in [6.45, 7) is 3.15. The summed E-state index contributed by atoms with van der Waals surface area (Å²) in [7, 11) is 2.93. The van der Waals surface area contributed by atoms with E-state index in [1.165, 1.54) is 26.4 Å². The largest absolute Gasteiger partial charge is 0.493 e. The van der Waals surface area contributed by atoms with Gasteiger partial charge in [0.25, 0.3) is 11.8 Å². The topological polar surface area (TPSA) is 103 Å². The molecule has 0 aromatic heterocycles. The number of carbonyl (C=O) groups is 3. The number of esters is 1. The van der Waals surface area contributed by atoms with Crippen molar-refractivity contribution in [3.05, 3.63) is 58.7 Å². The van der Waals surface area contributed by atoms with Gasteiger partial charge in [-0.2, -0.15) is 0 Å². The molecule has 8 heteroatoms. The van der Waals surface area contributed by atoms with Crippen LogP contribution in [0.15, 0.2) is 36.4 Å². The predicted molar refractivity (Wildman–Crippen MR) is 101 cm³/mol. The van der Waals surface area contributed by atoms with Crippen molar-refractivity contribution in [1.29, 1.82) is 0 Å². The third-order valence-electron chi connectivity index (χ3n) is 4.12. The van der Waals surface area contributed by atoms with E-state index in [2.05, 4.69) is 10.9 Å². The van der Waals surface area contributed by atoms with Crippen molar-refractivity contribution in [3.8, 4) is 11.5 Å². The second-order valence-electron chi connectivity index (χ2n) is 5.90. The summed E-state index contributed by atoms with van der Waals surface area (Å²) < 4.78 is 15.2. The lowest BCUT2D eigenvalue weighted by Gasteiger charge is -2.11. The normalized spacial score (nSPS) is 10.0. The number of benzene rings is 2. The molecule has 148 valence electrons. The first-order chi connectivity index (χ1) is 13.4. The maximum Gasteiger partial charge on any atom is 0.338 e. The van der Waals surface area contributed by atoms with Crippen molar-refractivity contribution in [2.75, 3.05) is 20.8 Å². The molecule has 8 nitrogen and oxygen atoms in total. The zero-order chi connectivity index (χ0) is 20.7. The first-order valence-electron chi connectivity index (χ1n) is 8.42. The lowest BCUT2D eigenvalue weighted by molar-refractivity contribution is -0.125.